The van der Waals surface area contributed by atoms with Gasteiger partial charge in [0, 0.05) is 54.7 Å². The van der Waals surface area contributed by atoms with Gasteiger partial charge >= 0.3 is 6.01 Å². The Balaban J connectivity index is 1.33. The van der Waals surface area contributed by atoms with Crippen molar-refractivity contribution in [3.8, 4) is 12.1 Å². The summed E-state index contributed by atoms with van der Waals surface area (Å²) >= 11 is 0. The molecule has 1 aliphatic carbocycles. The number of piperidine rings is 1. The summed E-state index contributed by atoms with van der Waals surface area (Å²) in [5, 5.41) is 28.0. The van der Waals surface area contributed by atoms with Crippen LogP contribution in [0.4, 0.5) is 5.82 Å². The molecular weight excluding hydrogens is 470 g/mol. The van der Waals surface area contributed by atoms with Gasteiger partial charge in [-0.1, -0.05) is 6.92 Å². The molecule has 0 spiro atoms. The van der Waals surface area contributed by atoms with Crippen molar-refractivity contribution in [1.29, 1.82) is 5.26 Å². The van der Waals surface area contributed by atoms with E-state index < -0.39 is 5.60 Å². The van der Waals surface area contributed by atoms with E-state index in [9.17, 15) is 9.90 Å². The normalized spacial score (nSPS) is 21.0. The summed E-state index contributed by atoms with van der Waals surface area (Å²) in [7, 11) is 0. The van der Waals surface area contributed by atoms with Crippen LogP contribution >= 0.6 is 0 Å². The smallest absolute Gasteiger partial charge is 0.319 e. The number of nitriles is 1. The van der Waals surface area contributed by atoms with Crippen molar-refractivity contribution in [2.45, 2.75) is 58.0 Å². The standard InChI is InChI=1S/C27H33N7O3/c1-16(27(2,3)36)11-22(35)21-13-23(31-26(30-21)37-15-19-12-18(19)14-28)34-9-6-17(7-10-34)24-20-5-4-8-29-25(20)33-32-24/h4-5,8,13,16-19,36H,6-7,9-12,15H2,1-3H3,(H,29,32,33)/t16-,18-,19+/m0/s1. The fraction of sp³-hybridized carbons (Fsp3) is 0.556. The van der Waals surface area contributed by atoms with E-state index in [0.717, 1.165) is 49.1 Å². The van der Waals surface area contributed by atoms with E-state index in [1.165, 1.54) is 0 Å². The van der Waals surface area contributed by atoms with E-state index in [4.69, 9.17) is 10.00 Å². The van der Waals surface area contributed by atoms with Gasteiger partial charge in [-0.3, -0.25) is 9.89 Å². The van der Waals surface area contributed by atoms with Crippen molar-refractivity contribution in [2.24, 2.45) is 17.8 Å². The summed E-state index contributed by atoms with van der Waals surface area (Å²) in [5.41, 5.74) is 1.16. The first kappa shape index (κ1) is 25.1. The van der Waals surface area contributed by atoms with Gasteiger partial charge < -0.3 is 14.7 Å². The first-order chi connectivity index (χ1) is 17.7. The maximum Gasteiger partial charge on any atom is 0.319 e. The number of carbonyl (C=O) groups excluding carboxylic acids is 1. The molecule has 2 N–H and O–H groups in total. The SMILES string of the molecule is C[C@@H](CC(=O)c1cc(N2CCC(c3[nH]nc4ncccc34)CC2)nc(OC[C@H]2C[C@H]2C#N)n1)C(C)(C)O. The number of nitrogens with zero attached hydrogens (tertiary/aromatic N) is 6. The first-order valence-electron chi connectivity index (χ1n) is 12.9. The molecule has 3 aromatic rings. The van der Waals surface area contributed by atoms with Crippen LogP contribution < -0.4 is 9.64 Å². The van der Waals surface area contributed by atoms with E-state index in [1.807, 2.05) is 19.1 Å². The molecule has 0 bridgehead atoms. The lowest BCUT2D eigenvalue weighted by Gasteiger charge is -2.32. The van der Waals surface area contributed by atoms with Gasteiger partial charge in [-0.05, 0) is 51.2 Å². The lowest BCUT2D eigenvalue weighted by molar-refractivity contribution is 0.0212. The second kappa shape index (κ2) is 10.1. The zero-order valence-electron chi connectivity index (χ0n) is 21.5. The maximum absolute atomic E-state index is 13.1. The second-order valence-corrected chi connectivity index (χ2v) is 10.9. The molecule has 1 saturated heterocycles. The maximum atomic E-state index is 13.1. The van der Waals surface area contributed by atoms with E-state index >= 15 is 0 Å². The fourth-order valence-electron chi connectivity index (χ4n) is 4.76. The highest BCUT2D eigenvalue weighted by atomic mass is 16.5. The van der Waals surface area contributed by atoms with Gasteiger partial charge in [0.1, 0.15) is 11.5 Å². The molecule has 194 valence electrons. The number of rotatable bonds is 9. The molecule has 5 rings (SSSR count). The Kier molecular flexibility index (Phi) is 6.82. The molecule has 1 saturated carbocycles. The van der Waals surface area contributed by atoms with Crippen LogP contribution in [0.25, 0.3) is 11.0 Å². The van der Waals surface area contributed by atoms with Crippen LogP contribution in [0.5, 0.6) is 6.01 Å². The Morgan fingerprint density at radius 3 is 2.84 bits per heavy atom. The lowest BCUT2D eigenvalue weighted by Crippen LogP contribution is -2.34. The minimum atomic E-state index is -0.975. The topological polar surface area (TPSA) is 141 Å². The van der Waals surface area contributed by atoms with E-state index in [0.29, 0.717) is 18.3 Å². The number of H-pyrrole nitrogens is 1. The van der Waals surface area contributed by atoms with Crippen LogP contribution in [0.3, 0.4) is 0 Å². The van der Waals surface area contributed by atoms with Crippen LogP contribution in [-0.2, 0) is 0 Å². The van der Waals surface area contributed by atoms with Crippen LogP contribution in [-0.4, -0.2) is 61.3 Å². The zero-order chi connectivity index (χ0) is 26.2. The lowest BCUT2D eigenvalue weighted by atomic mass is 9.88. The minimum Gasteiger partial charge on any atom is -0.463 e. The third-order valence-corrected chi connectivity index (χ3v) is 7.78. The van der Waals surface area contributed by atoms with Gasteiger partial charge in [0.15, 0.2) is 11.4 Å². The van der Waals surface area contributed by atoms with Gasteiger partial charge in [-0.25, -0.2) is 4.98 Å². The summed E-state index contributed by atoms with van der Waals surface area (Å²) < 4.78 is 5.86. The molecule has 37 heavy (non-hydrogen) atoms. The van der Waals surface area contributed by atoms with Crippen molar-refractivity contribution in [3.63, 3.8) is 0 Å². The number of hydrogen-bond acceptors (Lipinski definition) is 9. The van der Waals surface area contributed by atoms with Crippen molar-refractivity contribution in [3.05, 3.63) is 35.8 Å². The third kappa shape index (κ3) is 5.57. The predicted molar refractivity (Wildman–Crippen MR) is 137 cm³/mol. The minimum absolute atomic E-state index is 0.0183. The number of fused-ring (bicyclic) bond motifs is 1. The van der Waals surface area contributed by atoms with Crippen LogP contribution in [0.2, 0.25) is 0 Å². The average Bonchev–Trinajstić information content (AvgIpc) is 3.53. The molecule has 2 aliphatic rings. The molecule has 10 nitrogen and oxygen atoms in total. The number of aromatic nitrogens is 5. The highest BCUT2D eigenvalue weighted by Crippen LogP contribution is 2.38. The van der Waals surface area contributed by atoms with E-state index in [1.54, 1.807) is 26.1 Å². The van der Waals surface area contributed by atoms with E-state index in [-0.39, 0.29) is 41.7 Å². The quantitative estimate of drug-likeness (QED) is 0.419. The Hall–Kier alpha value is -3.58. The van der Waals surface area contributed by atoms with Gasteiger partial charge in [0.05, 0.1) is 24.2 Å². The Bertz CT molecular complexity index is 1320. The average molecular weight is 504 g/mol. The molecule has 0 amide bonds. The summed E-state index contributed by atoms with van der Waals surface area (Å²) in [4.78, 5) is 28.7. The number of pyridine rings is 1. The molecule has 3 aromatic heterocycles. The Labute approximate surface area is 216 Å². The highest BCUT2D eigenvalue weighted by molar-refractivity contribution is 5.95. The summed E-state index contributed by atoms with van der Waals surface area (Å²) in [6.07, 6.45) is 4.53. The monoisotopic (exact) mass is 503 g/mol. The van der Waals surface area contributed by atoms with Crippen LogP contribution in [0, 0.1) is 29.1 Å². The first-order valence-corrected chi connectivity index (χ1v) is 12.9. The molecule has 0 aromatic carbocycles. The van der Waals surface area contributed by atoms with Crippen molar-refractivity contribution in [2.75, 3.05) is 24.6 Å². The van der Waals surface area contributed by atoms with Crippen molar-refractivity contribution >= 4 is 22.6 Å². The number of nitrogens with one attached hydrogen (secondary N) is 1. The van der Waals surface area contributed by atoms with Crippen molar-refractivity contribution in [1.82, 2.24) is 25.1 Å². The van der Waals surface area contributed by atoms with Gasteiger partial charge in [0.25, 0.3) is 0 Å². The number of Topliss-reactive ketones (excluding diaryl/α,β-unsaturated/α-hetero) is 1. The second-order valence-electron chi connectivity index (χ2n) is 10.9. The highest BCUT2D eigenvalue weighted by Gasteiger charge is 2.38. The third-order valence-electron chi connectivity index (χ3n) is 7.78. The van der Waals surface area contributed by atoms with Gasteiger partial charge in [-0.2, -0.15) is 20.3 Å². The van der Waals surface area contributed by atoms with Crippen LogP contribution in [0.1, 0.15) is 68.6 Å². The summed E-state index contributed by atoms with van der Waals surface area (Å²) in [6.45, 7) is 7.14. The zero-order valence-corrected chi connectivity index (χ0v) is 21.5. The van der Waals surface area contributed by atoms with E-state index in [2.05, 4.69) is 36.1 Å². The molecule has 1 aliphatic heterocycles. The molecule has 2 fully saturated rings. The van der Waals surface area contributed by atoms with Gasteiger partial charge in [-0.15, -0.1) is 0 Å². The summed E-state index contributed by atoms with van der Waals surface area (Å²) in [6, 6.07) is 8.13. The number of ketones is 1. The van der Waals surface area contributed by atoms with Crippen molar-refractivity contribution < 1.29 is 14.6 Å². The molecule has 10 heteroatoms. The number of anilines is 1. The molecule has 3 atom stereocenters. The number of aliphatic hydroxyl groups is 1. The molecule has 4 heterocycles. The Morgan fingerprint density at radius 2 is 2.14 bits per heavy atom. The predicted octanol–water partition coefficient (Wildman–Crippen LogP) is 3.65. The van der Waals surface area contributed by atoms with Crippen LogP contribution in [0.15, 0.2) is 24.4 Å². The summed E-state index contributed by atoms with van der Waals surface area (Å²) in [5.74, 6) is 0.794. The largest absolute Gasteiger partial charge is 0.463 e. The Morgan fingerprint density at radius 1 is 1.35 bits per heavy atom. The molecule has 0 radical (unpaired) electrons. The van der Waals surface area contributed by atoms with Gasteiger partial charge in [0.2, 0.25) is 0 Å². The number of aromatic amines is 1. The number of hydrogen-bond donors (Lipinski definition) is 2. The fourth-order valence-corrected chi connectivity index (χ4v) is 4.76. The molecule has 0 unspecified atom stereocenters. The molecular formula is C27H33N7O3. The number of carbonyl (C=O) groups is 1. The number of ether oxygens (including phenoxy) is 1.